The Morgan fingerprint density at radius 3 is 2.38 bits per heavy atom. The monoisotopic (exact) mass is 652 g/mol. The van der Waals surface area contributed by atoms with Gasteiger partial charge in [-0.3, -0.25) is 33.9 Å². The molecule has 3 aliphatic rings. The van der Waals surface area contributed by atoms with E-state index >= 15 is 0 Å². The van der Waals surface area contributed by atoms with Gasteiger partial charge in [-0.1, -0.05) is 19.9 Å². The Labute approximate surface area is 281 Å². The Morgan fingerprint density at radius 1 is 0.979 bits per heavy atom. The van der Waals surface area contributed by atoms with Gasteiger partial charge < -0.3 is 16.0 Å². The summed E-state index contributed by atoms with van der Waals surface area (Å²) in [6, 6.07) is 6.97. The third-order valence-corrected chi connectivity index (χ3v) is 9.16. The molecule has 0 radical (unpaired) electrons. The number of hydrogen-bond acceptors (Lipinski definition) is 8. The number of amides is 4. The maximum absolute atomic E-state index is 13.3. The Morgan fingerprint density at radius 2 is 1.69 bits per heavy atom. The molecular formula is C37H44N6O5. The highest BCUT2D eigenvalue weighted by atomic mass is 16.2. The summed E-state index contributed by atoms with van der Waals surface area (Å²) in [4.78, 5) is 75.2. The molecule has 2 aromatic rings. The van der Waals surface area contributed by atoms with Gasteiger partial charge in [-0.25, -0.2) is 4.99 Å². The van der Waals surface area contributed by atoms with Crippen LogP contribution in [0, 0.1) is 11.8 Å². The van der Waals surface area contributed by atoms with E-state index in [0.29, 0.717) is 60.8 Å². The normalized spacial score (nSPS) is 18.9. The molecule has 1 aromatic carbocycles. The van der Waals surface area contributed by atoms with E-state index < -0.39 is 0 Å². The molecular weight excluding hydrogens is 608 g/mol. The third-order valence-electron chi connectivity index (χ3n) is 9.16. The van der Waals surface area contributed by atoms with Gasteiger partial charge in [0.05, 0.1) is 17.6 Å². The van der Waals surface area contributed by atoms with Crippen LogP contribution in [0.25, 0.3) is 6.08 Å². The van der Waals surface area contributed by atoms with Gasteiger partial charge in [0.1, 0.15) is 11.6 Å². The van der Waals surface area contributed by atoms with Crippen molar-refractivity contribution in [3.8, 4) is 0 Å². The zero-order valence-electron chi connectivity index (χ0n) is 27.7. The summed E-state index contributed by atoms with van der Waals surface area (Å²) >= 11 is 0. The lowest BCUT2D eigenvalue weighted by Crippen LogP contribution is -2.36. The molecule has 1 fully saturated rings. The highest BCUT2D eigenvalue weighted by Gasteiger charge is 2.31. The summed E-state index contributed by atoms with van der Waals surface area (Å²) in [5, 5.41) is 2.90. The summed E-state index contributed by atoms with van der Waals surface area (Å²) in [6.07, 6.45) is 13.7. The minimum Gasteiger partial charge on any atom is -0.387 e. The van der Waals surface area contributed by atoms with Gasteiger partial charge in [-0.05, 0) is 80.7 Å². The van der Waals surface area contributed by atoms with Crippen molar-refractivity contribution in [2.75, 3.05) is 25.0 Å². The van der Waals surface area contributed by atoms with E-state index in [4.69, 9.17) is 5.73 Å². The SMILES string of the molecule is CCCN(CCC)C(=O)C1=Cc2ccc(C(=O)Nc3cncc(CCC(=O)C4CCC(CN5C(=O)C=CC5=O)CC4)c3)cc2N=C(N)C1. The number of ketones is 1. The predicted octanol–water partition coefficient (Wildman–Crippen LogP) is 4.99. The van der Waals surface area contributed by atoms with Crippen molar-refractivity contribution >= 4 is 52.7 Å². The van der Waals surface area contributed by atoms with Crippen molar-refractivity contribution in [3.63, 3.8) is 0 Å². The lowest BCUT2D eigenvalue weighted by Gasteiger charge is -2.30. The first-order valence-electron chi connectivity index (χ1n) is 16.9. The number of imide groups is 1. The maximum atomic E-state index is 13.3. The minimum absolute atomic E-state index is 0.0271. The Kier molecular flexibility index (Phi) is 11.3. The number of hydrogen-bond donors (Lipinski definition) is 2. The van der Waals surface area contributed by atoms with Crippen LogP contribution in [0.2, 0.25) is 0 Å². The van der Waals surface area contributed by atoms with Crippen LogP contribution in [0.1, 0.15) is 86.7 Å². The van der Waals surface area contributed by atoms with Crippen LogP contribution in [0.15, 0.2) is 59.4 Å². The van der Waals surface area contributed by atoms with E-state index in [-0.39, 0.29) is 47.7 Å². The number of benzene rings is 1. The average Bonchev–Trinajstić information content (AvgIpc) is 3.28. The van der Waals surface area contributed by atoms with Crippen LogP contribution >= 0.6 is 0 Å². The number of amidine groups is 1. The van der Waals surface area contributed by atoms with Crippen molar-refractivity contribution < 1.29 is 24.0 Å². The van der Waals surface area contributed by atoms with Crippen LogP contribution in [0.5, 0.6) is 0 Å². The zero-order chi connectivity index (χ0) is 34.2. The molecule has 3 N–H and O–H groups in total. The Bertz CT molecular complexity index is 1650. The van der Waals surface area contributed by atoms with Crippen molar-refractivity contribution in [3.05, 3.63) is 71.1 Å². The van der Waals surface area contributed by atoms with Crippen LogP contribution in [0.3, 0.4) is 0 Å². The smallest absolute Gasteiger partial charge is 0.255 e. The molecule has 5 rings (SSSR count). The number of nitrogens with one attached hydrogen (secondary N) is 1. The van der Waals surface area contributed by atoms with Crippen molar-refractivity contribution in [2.24, 2.45) is 22.6 Å². The molecule has 2 aliphatic heterocycles. The first-order chi connectivity index (χ1) is 23.1. The fraction of sp³-hybridized carbons (Fsp3) is 0.432. The second-order valence-electron chi connectivity index (χ2n) is 12.9. The molecule has 0 spiro atoms. The van der Waals surface area contributed by atoms with E-state index in [2.05, 4.69) is 15.3 Å². The second kappa shape index (κ2) is 15.8. The predicted molar refractivity (Wildman–Crippen MR) is 184 cm³/mol. The van der Waals surface area contributed by atoms with Crippen LogP contribution < -0.4 is 11.1 Å². The number of pyridine rings is 1. The lowest BCUT2D eigenvalue weighted by molar-refractivity contribution is -0.138. The summed E-state index contributed by atoms with van der Waals surface area (Å²) in [6.45, 7) is 5.85. The molecule has 0 unspecified atom stereocenters. The van der Waals surface area contributed by atoms with Gasteiger partial charge in [0.25, 0.3) is 17.7 Å². The van der Waals surface area contributed by atoms with E-state index in [1.165, 1.54) is 17.1 Å². The van der Waals surface area contributed by atoms with E-state index in [1.54, 1.807) is 30.6 Å². The Balaban J connectivity index is 1.15. The van der Waals surface area contributed by atoms with E-state index in [9.17, 15) is 24.0 Å². The third kappa shape index (κ3) is 8.50. The van der Waals surface area contributed by atoms with Gasteiger partial charge in [0.15, 0.2) is 0 Å². The quantitative estimate of drug-likeness (QED) is 0.289. The molecule has 0 saturated heterocycles. The molecule has 48 heavy (non-hydrogen) atoms. The molecule has 3 heterocycles. The highest BCUT2D eigenvalue weighted by Crippen LogP contribution is 2.32. The molecule has 252 valence electrons. The van der Waals surface area contributed by atoms with Gasteiger partial charge in [-0.15, -0.1) is 0 Å². The lowest BCUT2D eigenvalue weighted by atomic mass is 9.79. The number of rotatable bonds is 13. The summed E-state index contributed by atoms with van der Waals surface area (Å²) in [5.74, 6) is -0.199. The summed E-state index contributed by atoms with van der Waals surface area (Å²) in [7, 11) is 0. The van der Waals surface area contributed by atoms with E-state index in [0.717, 1.165) is 49.7 Å². The minimum atomic E-state index is -0.340. The highest BCUT2D eigenvalue weighted by molar-refractivity contribution is 6.13. The number of aromatic nitrogens is 1. The number of Topliss-reactive ketones (excluding diaryl/α,β-unsaturated/α-hetero) is 1. The number of fused-ring (bicyclic) bond motifs is 1. The fourth-order valence-electron chi connectivity index (χ4n) is 6.63. The molecule has 11 nitrogen and oxygen atoms in total. The second-order valence-corrected chi connectivity index (χ2v) is 12.9. The van der Waals surface area contributed by atoms with Crippen LogP contribution in [0.4, 0.5) is 11.4 Å². The molecule has 4 amide bonds. The van der Waals surface area contributed by atoms with Gasteiger partial charge in [0, 0.05) is 73.4 Å². The first kappa shape index (κ1) is 34.4. The first-order valence-corrected chi connectivity index (χ1v) is 16.9. The number of nitrogens with zero attached hydrogens (tertiary/aromatic N) is 4. The molecule has 1 saturated carbocycles. The number of aryl methyl sites for hydroxylation is 1. The molecule has 0 atom stereocenters. The van der Waals surface area contributed by atoms with Crippen molar-refractivity contribution in [1.82, 2.24) is 14.8 Å². The van der Waals surface area contributed by atoms with Crippen molar-refractivity contribution in [2.45, 2.75) is 71.6 Å². The van der Waals surface area contributed by atoms with Gasteiger partial charge in [-0.2, -0.15) is 0 Å². The van der Waals surface area contributed by atoms with Gasteiger partial charge in [0.2, 0.25) is 5.91 Å². The maximum Gasteiger partial charge on any atom is 0.255 e. The largest absolute Gasteiger partial charge is 0.387 e. The Hall–Kier alpha value is -4.93. The molecule has 1 aromatic heterocycles. The summed E-state index contributed by atoms with van der Waals surface area (Å²) in [5.41, 5.74) is 9.78. The average molecular weight is 653 g/mol. The standard InChI is InChI=1S/C37H44N6O5/c1-3-15-42(16-4-2)37(48)29-18-27-10-11-28(19-31(27)41-33(38)20-29)36(47)40-30-17-25(21-39-22-30)7-12-32(44)26-8-5-24(6-9-26)23-43-34(45)13-14-35(43)46/h10-11,13-14,17-19,21-22,24,26H,3-9,12,15-16,20,23H2,1-2H3,(H2,38,41)(H,40,47). The number of carbonyl (C=O) groups is 5. The number of carbonyl (C=O) groups excluding carboxylic acids is 5. The van der Waals surface area contributed by atoms with E-state index in [1.807, 2.05) is 30.9 Å². The van der Waals surface area contributed by atoms with Crippen molar-refractivity contribution in [1.29, 1.82) is 0 Å². The number of aliphatic imine (C=N–C) groups is 1. The number of anilines is 1. The topological polar surface area (TPSA) is 155 Å². The van der Waals surface area contributed by atoms with Gasteiger partial charge >= 0.3 is 0 Å². The number of nitrogens with two attached hydrogens (primary N) is 1. The van der Waals surface area contributed by atoms with Crippen LogP contribution in [-0.2, 0) is 25.6 Å². The zero-order valence-corrected chi connectivity index (χ0v) is 27.7. The fourth-order valence-corrected chi connectivity index (χ4v) is 6.63. The molecule has 1 aliphatic carbocycles. The molecule has 11 heteroatoms. The van der Waals surface area contributed by atoms with Crippen LogP contribution in [-0.4, -0.2) is 69.7 Å². The molecule has 0 bridgehead atoms. The summed E-state index contributed by atoms with van der Waals surface area (Å²) < 4.78 is 0.